The summed E-state index contributed by atoms with van der Waals surface area (Å²) in [5.41, 5.74) is 1.43. The lowest BCUT2D eigenvalue weighted by Gasteiger charge is -2.13. The average Bonchev–Trinajstić information content (AvgIpc) is 2.30. The molecular formula is C14H11F4N. The van der Waals surface area contributed by atoms with Crippen molar-refractivity contribution in [3.8, 4) is 11.1 Å². The highest BCUT2D eigenvalue weighted by Gasteiger charge is 2.24. The molecule has 0 atom stereocenters. The second kappa shape index (κ2) is 4.64. The van der Waals surface area contributed by atoms with E-state index in [1.165, 1.54) is 0 Å². The normalized spacial score (nSPS) is 10.9. The minimum absolute atomic E-state index is 0.154. The molecule has 0 aliphatic heterocycles. The van der Waals surface area contributed by atoms with Crippen molar-refractivity contribution in [2.24, 2.45) is 0 Å². The van der Waals surface area contributed by atoms with Gasteiger partial charge in [-0.05, 0) is 37.5 Å². The number of hydrogen-bond donors (Lipinski definition) is 0. The van der Waals surface area contributed by atoms with Gasteiger partial charge >= 0.3 is 0 Å². The van der Waals surface area contributed by atoms with Crippen molar-refractivity contribution >= 4 is 0 Å². The largest absolute Gasteiger partial charge is 0.252 e. The Morgan fingerprint density at radius 3 is 1.58 bits per heavy atom. The molecule has 19 heavy (non-hydrogen) atoms. The Balaban J connectivity index is 2.87. The average molecular weight is 269 g/mol. The molecule has 0 spiro atoms. The molecule has 0 radical (unpaired) electrons. The molecule has 0 amide bonds. The number of aromatic nitrogens is 1. The van der Waals surface area contributed by atoms with E-state index in [4.69, 9.17) is 0 Å². The Bertz CT molecular complexity index is 616. The van der Waals surface area contributed by atoms with Crippen molar-refractivity contribution in [1.82, 2.24) is 4.98 Å². The van der Waals surface area contributed by atoms with Crippen molar-refractivity contribution in [1.29, 1.82) is 0 Å². The standard InChI is InChI=1S/C14H11F4N/c1-6-4-7(2)9(8(3)5-6)10-11(15)13(17)19-14(18)12(10)16/h4-5H,1-3H3. The number of nitrogens with zero attached hydrogens (tertiary/aromatic N) is 1. The van der Waals surface area contributed by atoms with E-state index >= 15 is 0 Å². The second-order valence-electron chi connectivity index (χ2n) is 4.47. The summed E-state index contributed by atoms with van der Waals surface area (Å²) in [5, 5.41) is 0. The summed E-state index contributed by atoms with van der Waals surface area (Å²) >= 11 is 0. The van der Waals surface area contributed by atoms with Crippen LogP contribution in [0, 0.1) is 44.3 Å². The molecule has 1 heterocycles. The number of aryl methyl sites for hydroxylation is 3. The highest BCUT2D eigenvalue weighted by atomic mass is 19.2. The van der Waals surface area contributed by atoms with Crippen molar-refractivity contribution in [3.63, 3.8) is 0 Å². The number of pyridine rings is 1. The van der Waals surface area contributed by atoms with Crippen LogP contribution < -0.4 is 0 Å². The van der Waals surface area contributed by atoms with Gasteiger partial charge < -0.3 is 0 Å². The zero-order valence-corrected chi connectivity index (χ0v) is 10.6. The van der Waals surface area contributed by atoms with E-state index in [9.17, 15) is 17.6 Å². The van der Waals surface area contributed by atoms with Gasteiger partial charge in [0.15, 0.2) is 11.6 Å². The molecule has 1 nitrogen and oxygen atoms in total. The van der Waals surface area contributed by atoms with Crippen molar-refractivity contribution in [2.45, 2.75) is 20.8 Å². The van der Waals surface area contributed by atoms with Crippen LogP contribution in [0.25, 0.3) is 11.1 Å². The van der Waals surface area contributed by atoms with Gasteiger partial charge in [0.05, 0.1) is 5.56 Å². The molecule has 100 valence electrons. The zero-order valence-electron chi connectivity index (χ0n) is 10.6. The molecule has 2 aromatic rings. The van der Waals surface area contributed by atoms with Crippen LogP contribution in [0.2, 0.25) is 0 Å². The lowest BCUT2D eigenvalue weighted by Crippen LogP contribution is -2.05. The third-order valence-electron chi connectivity index (χ3n) is 2.92. The fraction of sp³-hybridized carbons (Fsp3) is 0.214. The molecule has 0 bridgehead atoms. The van der Waals surface area contributed by atoms with Gasteiger partial charge in [0.2, 0.25) is 0 Å². The molecule has 0 saturated carbocycles. The molecule has 1 aromatic heterocycles. The lowest BCUT2D eigenvalue weighted by molar-refractivity contribution is 0.410. The fourth-order valence-corrected chi connectivity index (χ4v) is 2.28. The Labute approximate surface area is 107 Å². The maximum absolute atomic E-state index is 13.7. The molecule has 0 saturated heterocycles. The molecule has 1 aromatic carbocycles. The summed E-state index contributed by atoms with van der Waals surface area (Å²) in [6.07, 6.45) is 0. The summed E-state index contributed by atoms with van der Waals surface area (Å²) in [6, 6.07) is 3.38. The van der Waals surface area contributed by atoms with Gasteiger partial charge in [0.1, 0.15) is 0 Å². The third-order valence-corrected chi connectivity index (χ3v) is 2.92. The van der Waals surface area contributed by atoms with Gasteiger partial charge in [-0.25, -0.2) is 8.78 Å². The highest BCUT2D eigenvalue weighted by Crippen LogP contribution is 2.33. The van der Waals surface area contributed by atoms with E-state index in [0.29, 0.717) is 11.1 Å². The van der Waals surface area contributed by atoms with E-state index in [1.807, 2.05) is 6.92 Å². The molecular weight excluding hydrogens is 258 g/mol. The highest BCUT2D eigenvalue weighted by molar-refractivity contribution is 5.72. The van der Waals surface area contributed by atoms with Crippen LogP contribution in [-0.2, 0) is 0 Å². The SMILES string of the molecule is Cc1cc(C)c(-c2c(F)c(F)nc(F)c2F)c(C)c1. The smallest absolute Gasteiger partial charge is 0.201 e. The third kappa shape index (κ3) is 2.20. The maximum atomic E-state index is 13.7. The van der Waals surface area contributed by atoms with Gasteiger partial charge in [0, 0.05) is 0 Å². The fourth-order valence-electron chi connectivity index (χ4n) is 2.28. The first-order chi connectivity index (χ1) is 8.82. The van der Waals surface area contributed by atoms with Gasteiger partial charge in [-0.1, -0.05) is 17.7 Å². The quantitative estimate of drug-likeness (QED) is 0.557. The minimum atomic E-state index is -1.65. The summed E-state index contributed by atoms with van der Waals surface area (Å²) in [6.45, 7) is 5.08. The first-order valence-corrected chi connectivity index (χ1v) is 5.61. The Hall–Kier alpha value is -1.91. The molecule has 0 unspecified atom stereocenters. The van der Waals surface area contributed by atoms with Crippen LogP contribution in [0.3, 0.4) is 0 Å². The summed E-state index contributed by atoms with van der Waals surface area (Å²) < 4.78 is 53.8. The van der Waals surface area contributed by atoms with Crippen LogP contribution >= 0.6 is 0 Å². The van der Waals surface area contributed by atoms with E-state index < -0.39 is 29.1 Å². The van der Waals surface area contributed by atoms with E-state index in [2.05, 4.69) is 4.98 Å². The lowest BCUT2D eigenvalue weighted by atomic mass is 9.94. The molecule has 0 aliphatic carbocycles. The van der Waals surface area contributed by atoms with Crippen LogP contribution in [-0.4, -0.2) is 4.98 Å². The second-order valence-corrected chi connectivity index (χ2v) is 4.47. The molecule has 5 heteroatoms. The van der Waals surface area contributed by atoms with E-state index in [0.717, 1.165) is 5.56 Å². The minimum Gasteiger partial charge on any atom is -0.201 e. The summed E-state index contributed by atoms with van der Waals surface area (Å²) in [7, 11) is 0. The summed E-state index contributed by atoms with van der Waals surface area (Å²) in [5.74, 6) is -6.25. The van der Waals surface area contributed by atoms with Gasteiger partial charge in [0.25, 0.3) is 11.9 Å². The number of hydrogen-bond acceptors (Lipinski definition) is 1. The number of halogens is 4. The van der Waals surface area contributed by atoms with Gasteiger partial charge in [-0.15, -0.1) is 0 Å². The van der Waals surface area contributed by atoms with Crippen molar-refractivity contribution < 1.29 is 17.6 Å². The predicted molar refractivity (Wildman–Crippen MR) is 63.7 cm³/mol. The van der Waals surface area contributed by atoms with Gasteiger partial charge in [-0.2, -0.15) is 13.8 Å². The number of benzene rings is 1. The van der Waals surface area contributed by atoms with Crippen LogP contribution in [0.15, 0.2) is 12.1 Å². The zero-order chi connectivity index (χ0) is 14.3. The first kappa shape index (κ1) is 13.5. The van der Waals surface area contributed by atoms with Gasteiger partial charge in [-0.3, -0.25) is 0 Å². The van der Waals surface area contributed by atoms with Crippen molar-refractivity contribution in [3.05, 3.63) is 52.4 Å². The topological polar surface area (TPSA) is 12.9 Å². The van der Waals surface area contributed by atoms with Crippen LogP contribution in [0.5, 0.6) is 0 Å². The molecule has 0 aliphatic rings. The Morgan fingerprint density at radius 1 is 0.737 bits per heavy atom. The predicted octanol–water partition coefficient (Wildman–Crippen LogP) is 4.23. The van der Waals surface area contributed by atoms with E-state index in [-0.39, 0.29) is 5.56 Å². The first-order valence-electron chi connectivity index (χ1n) is 5.61. The monoisotopic (exact) mass is 269 g/mol. The maximum Gasteiger partial charge on any atom is 0.252 e. The number of rotatable bonds is 1. The van der Waals surface area contributed by atoms with Crippen LogP contribution in [0.4, 0.5) is 17.6 Å². The molecule has 2 rings (SSSR count). The van der Waals surface area contributed by atoms with Crippen LogP contribution in [0.1, 0.15) is 16.7 Å². The van der Waals surface area contributed by atoms with E-state index in [1.54, 1.807) is 26.0 Å². The molecule has 0 N–H and O–H groups in total. The summed E-state index contributed by atoms with van der Waals surface area (Å²) in [4.78, 5) is 2.55. The Morgan fingerprint density at radius 2 is 1.16 bits per heavy atom. The Kier molecular flexibility index (Phi) is 3.30. The molecule has 0 fully saturated rings. The van der Waals surface area contributed by atoms with Crippen molar-refractivity contribution in [2.75, 3.05) is 0 Å².